The molecule has 8 heteroatoms. The summed E-state index contributed by atoms with van der Waals surface area (Å²) in [6.45, 7) is 1.76. The lowest BCUT2D eigenvalue weighted by Crippen LogP contribution is -2.50. The number of sulfonamides is 1. The van der Waals surface area contributed by atoms with Crippen molar-refractivity contribution in [2.75, 3.05) is 25.0 Å². The summed E-state index contributed by atoms with van der Waals surface area (Å²) in [7, 11) is -0.872. The Balaban J connectivity index is 2.07. The average Bonchev–Trinajstić information content (AvgIpc) is 2.66. The van der Waals surface area contributed by atoms with Gasteiger partial charge in [-0.15, -0.1) is 0 Å². The largest absolute Gasteiger partial charge is 0.497 e. The summed E-state index contributed by atoms with van der Waals surface area (Å²) in [5.74, 6) is 0.541. The van der Waals surface area contributed by atoms with Crippen LogP contribution in [-0.2, 0) is 14.8 Å². The Morgan fingerprint density at radius 3 is 2.54 bits per heavy atom. The maximum atomic E-state index is 13.2. The molecule has 0 saturated carbocycles. The fourth-order valence-corrected chi connectivity index (χ4v) is 4.24. The van der Waals surface area contributed by atoms with E-state index in [2.05, 4.69) is 5.32 Å². The number of ether oxygens (including phenoxy) is 2. The van der Waals surface area contributed by atoms with Crippen molar-refractivity contribution in [3.05, 3.63) is 48.0 Å². The number of nitrogens with zero attached hydrogens (tertiary/aromatic N) is 1. The number of aryl methyl sites for hydroxylation is 1. The molecule has 1 atom stereocenters. The number of fused-ring (bicyclic) bond motifs is 1. The Kier molecular flexibility index (Phi) is 4.78. The van der Waals surface area contributed by atoms with E-state index in [0.29, 0.717) is 17.2 Å². The number of hydrogen-bond acceptors (Lipinski definition) is 5. The SMILES string of the molecule is CNC(=O)C1CN(S(=O)(=O)c2ccc(OC)cc2)c2ccc(C)cc2O1. The molecule has 0 saturated heterocycles. The summed E-state index contributed by atoms with van der Waals surface area (Å²) in [6, 6.07) is 11.3. The highest BCUT2D eigenvalue weighted by molar-refractivity contribution is 7.92. The predicted octanol–water partition coefficient (Wildman–Crippen LogP) is 1.71. The second-order valence-corrected chi connectivity index (χ2v) is 7.77. The normalized spacial score (nSPS) is 16.4. The van der Waals surface area contributed by atoms with Gasteiger partial charge in [0.2, 0.25) is 0 Å². The number of carbonyl (C=O) groups excluding carboxylic acids is 1. The van der Waals surface area contributed by atoms with Crippen molar-refractivity contribution in [3.8, 4) is 11.5 Å². The third-order valence-corrected chi connectivity index (χ3v) is 5.97. The number of carbonyl (C=O) groups is 1. The molecule has 2 aromatic rings. The van der Waals surface area contributed by atoms with Crippen molar-refractivity contribution in [3.63, 3.8) is 0 Å². The molecule has 3 rings (SSSR count). The van der Waals surface area contributed by atoms with E-state index in [9.17, 15) is 13.2 Å². The Labute approximate surface area is 152 Å². The predicted molar refractivity (Wildman–Crippen MR) is 97.2 cm³/mol. The zero-order chi connectivity index (χ0) is 18.9. The van der Waals surface area contributed by atoms with E-state index < -0.39 is 16.1 Å². The third kappa shape index (κ3) is 3.20. The Morgan fingerprint density at radius 2 is 1.92 bits per heavy atom. The molecule has 1 amide bonds. The summed E-state index contributed by atoms with van der Waals surface area (Å²) in [5, 5.41) is 2.50. The lowest BCUT2D eigenvalue weighted by atomic mass is 10.1. The Hall–Kier alpha value is -2.74. The average molecular weight is 376 g/mol. The van der Waals surface area contributed by atoms with E-state index in [0.717, 1.165) is 5.56 Å². The van der Waals surface area contributed by atoms with Crippen molar-refractivity contribution < 1.29 is 22.7 Å². The molecule has 1 N–H and O–H groups in total. The maximum absolute atomic E-state index is 13.2. The molecule has 2 aromatic carbocycles. The molecule has 0 spiro atoms. The van der Waals surface area contributed by atoms with Crippen molar-refractivity contribution in [1.82, 2.24) is 5.32 Å². The zero-order valence-corrected chi connectivity index (χ0v) is 15.5. The van der Waals surface area contributed by atoms with Gasteiger partial charge in [0.05, 0.1) is 24.2 Å². The number of nitrogens with one attached hydrogen (secondary N) is 1. The second-order valence-electron chi connectivity index (χ2n) is 5.90. The third-order valence-electron chi connectivity index (χ3n) is 4.17. The molecule has 0 fully saturated rings. The van der Waals surface area contributed by atoms with Crippen molar-refractivity contribution in [2.45, 2.75) is 17.9 Å². The van der Waals surface area contributed by atoms with E-state index >= 15 is 0 Å². The van der Waals surface area contributed by atoms with Crippen LogP contribution in [0.1, 0.15) is 5.56 Å². The molecule has 1 aliphatic heterocycles. The maximum Gasteiger partial charge on any atom is 0.264 e. The minimum atomic E-state index is -3.87. The van der Waals surface area contributed by atoms with Gasteiger partial charge < -0.3 is 14.8 Å². The van der Waals surface area contributed by atoms with Crippen LogP contribution < -0.4 is 19.1 Å². The van der Waals surface area contributed by atoms with Gasteiger partial charge in [0, 0.05) is 7.05 Å². The fourth-order valence-electron chi connectivity index (χ4n) is 2.76. The molecule has 26 heavy (non-hydrogen) atoms. The van der Waals surface area contributed by atoms with E-state index in [-0.39, 0.29) is 17.3 Å². The summed E-state index contributed by atoms with van der Waals surface area (Å²) in [6.07, 6.45) is -0.928. The van der Waals surface area contributed by atoms with E-state index in [1.165, 1.54) is 30.6 Å². The van der Waals surface area contributed by atoms with Gasteiger partial charge >= 0.3 is 0 Å². The van der Waals surface area contributed by atoms with Crippen LogP contribution in [0.15, 0.2) is 47.4 Å². The van der Waals surface area contributed by atoms with Crippen LogP contribution in [0.4, 0.5) is 5.69 Å². The van der Waals surface area contributed by atoms with Crippen LogP contribution >= 0.6 is 0 Å². The number of anilines is 1. The Morgan fingerprint density at radius 1 is 1.23 bits per heavy atom. The zero-order valence-electron chi connectivity index (χ0n) is 14.7. The summed E-state index contributed by atoms with van der Waals surface area (Å²) in [4.78, 5) is 12.2. The van der Waals surface area contributed by atoms with Crippen LogP contribution in [0.2, 0.25) is 0 Å². The highest BCUT2D eigenvalue weighted by Crippen LogP contribution is 2.37. The van der Waals surface area contributed by atoms with Gasteiger partial charge in [-0.1, -0.05) is 6.07 Å². The van der Waals surface area contributed by atoms with Gasteiger partial charge in [0.1, 0.15) is 11.5 Å². The molecular formula is C18H20N2O5S. The van der Waals surface area contributed by atoms with Crippen molar-refractivity contribution in [1.29, 1.82) is 0 Å². The molecule has 1 unspecified atom stereocenters. The number of benzene rings is 2. The molecule has 7 nitrogen and oxygen atoms in total. The van der Waals surface area contributed by atoms with Gasteiger partial charge in [0.15, 0.2) is 6.10 Å². The molecule has 0 bridgehead atoms. The van der Waals surface area contributed by atoms with Gasteiger partial charge in [-0.3, -0.25) is 9.10 Å². The Bertz CT molecular complexity index is 925. The number of methoxy groups -OCH3 is 1. The van der Waals surface area contributed by atoms with Crippen molar-refractivity contribution in [2.24, 2.45) is 0 Å². The van der Waals surface area contributed by atoms with E-state index in [4.69, 9.17) is 9.47 Å². The number of likely N-dealkylation sites (N-methyl/N-ethyl adjacent to an activating group) is 1. The molecule has 0 aromatic heterocycles. The summed E-state index contributed by atoms with van der Waals surface area (Å²) in [5.41, 5.74) is 1.31. The van der Waals surface area contributed by atoms with Gasteiger partial charge in [-0.2, -0.15) is 0 Å². The van der Waals surface area contributed by atoms with Crippen LogP contribution in [0.3, 0.4) is 0 Å². The first-order valence-corrected chi connectivity index (χ1v) is 9.46. The number of amides is 1. The molecule has 138 valence electrons. The number of rotatable bonds is 4. The standard InChI is InChI=1S/C18H20N2O5S/c1-12-4-9-15-16(10-12)25-17(18(21)19-2)11-20(15)26(22,23)14-7-5-13(24-3)6-8-14/h4-10,17H,11H2,1-3H3,(H,19,21). The van der Waals surface area contributed by atoms with Gasteiger partial charge in [0.25, 0.3) is 15.9 Å². The topological polar surface area (TPSA) is 84.9 Å². The molecule has 0 aliphatic carbocycles. The molecule has 0 radical (unpaired) electrons. The van der Waals surface area contributed by atoms with E-state index in [1.54, 1.807) is 30.3 Å². The molecule has 1 heterocycles. The van der Waals surface area contributed by atoms with Crippen LogP contribution in [0.5, 0.6) is 11.5 Å². The quantitative estimate of drug-likeness (QED) is 0.878. The highest BCUT2D eigenvalue weighted by atomic mass is 32.2. The lowest BCUT2D eigenvalue weighted by Gasteiger charge is -2.34. The minimum absolute atomic E-state index is 0.107. The molecule has 1 aliphatic rings. The fraction of sp³-hybridized carbons (Fsp3) is 0.278. The van der Waals surface area contributed by atoms with Crippen LogP contribution in [0.25, 0.3) is 0 Å². The lowest BCUT2D eigenvalue weighted by molar-refractivity contribution is -0.127. The van der Waals surface area contributed by atoms with Crippen LogP contribution in [-0.4, -0.2) is 41.1 Å². The summed E-state index contributed by atoms with van der Waals surface area (Å²) >= 11 is 0. The summed E-state index contributed by atoms with van der Waals surface area (Å²) < 4.78 is 38.4. The second kappa shape index (κ2) is 6.87. The van der Waals surface area contributed by atoms with Crippen molar-refractivity contribution >= 4 is 21.6 Å². The first kappa shape index (κ1) is 18.1. The van der Waals surface area contributed by atoms with E-state index in [1.807, 2.05) is 6.92 Å². The first-order chi connectivity index (χ1) is 12.4. The highest BCUT2D eigenvalue weighted by Gasteiger charge is 2.37. The minimum Gasteiger partial charge on any atom is -0.497 e. The van der Waals surface area contributed by atoms with Gasteiger partial charge in [-0.05, 0) is 48.9 Å². The molecular weight excluding hydrogens is 356 g/mol. The monoisotopic (exact) mass is 376 g/mol. The number of hydrogen-bond donors (Lipinski definition) is 1. The van der Waals surface area contributed by atoms with Gasteiger partial charge in [-0.25, -0.2) is 8.42 Å². The van der Waals surface area contributed by atoms with Crippen LogP contribution in [0, 0.1) is 6.92 Å². The smallest absolute Gasteiger partial charge is 0.264 e. The first-order valence-electron chi connectivity index (χ1n) is 8.02.